The standard InChI is InChI=1S/C21H29N3O2/c1-20(2,3)14-9-11-15(12-10-14)24-18-8-6-7-17(16(18)13-22-24)23-19(25)21(4,5)26/h9-13,17,26H,6-8H2,1-5H3,(H,23,25). The quantitative estimate of drug-likeness (QED) is 0.886. The fourth-order valence-electron chi connectivity index (χ4n) is 3.37. The second kappa shape index (κ2) is 6.54. The molecule has 140 valence electrons. The van der Waals surface area contributed by atoms with Crippen molar-refractivity contribution in [3.8, 4) is 5.69 Å². The summed E-state index contributed by atoms with van der Waals surface area (Å²) in [6.45, 7) is 9.62. The lowest BCUT2D eigenvalue weighted by Gasteiger charge is -2.27. The van der Waals surface area contributed by atoms with Gasteiger partial charge in [0.25, 0.3) is 5.91 Å². The van der Waals surface area contributed by atoms with Crippen LogP contribution in [0.5, 0.6) is 0 Å². The fraction of sp³-hybridized carbons (Fsp3) is 0.524. The van der Waals surface area contributed by atoms with Crippen molar-refractivity contribution >= 4 is 5.91 Å². The van der Waals surface area contributed by atoms with E-state index in [0.29, 0.717) is 0 Å². The Kier molecular flexibility index (Phi) is 4.69. The monoisotopic (exact) mass is 355 g/mol. The molecule has 0 radical (unpaired) electrons. The van der Waals surface area contributed by atoms with Gasteiger partial charge >= 0.3 is 0 Å². The molecule has 1 unspecified atom stereocenters. The van der Waals surface area contributed by atoms with Crippen LogP contribution in [0.1, 0.15) is 70.3 Å². The molecule has 0 bridgehead atoms. The summed E-state index contributed by atoms with van der Waals surface area (Å²) in [6, 6.07) is 8.42. The van der Waals surface area contributed by atoms with Crippen LogP contribution >= 0.6 is 0 Å². The number of amides is 1. The van der Waals surface area contributed by atoms with E-state index in [9.17, 15) is 9.90 Å². The summed E-state index contributed by atoms with van der Waals surface area (Å²) in [5.41, 5.74) is 3.26. The SMILES string of the molecule is CC(C)(O)C(=O)NC1CCCc2c1cnn2-c1ccc(C(C)(C)C)cc1. The van der Waals surface area contributed by atoms with Crippen molar-refractivity contribution in [2.75, 3.05) is 0 Å². The number of hydrogen-bond acceptors (Lipinski definition) is 3. The highest BCUT2D eigenvalue weighted by Crippen LogP contribution is 2.32. The number of nitrogens with one attached hydrogen (secondary N) is 1. The first-order chi connectivity index (χ1) is 12.1. The van der Waals surface area contributed by atoms with Crippen molar-refractivity contribution in [2.24, 2.45) is 0 Å². The van der Waals surface area contributed by atoms with Crippen molar-refractivity contribution in [3.63, 3.8) is 0 Å². The van der Waals surface area contributed by atoms with Gasteiger partial charge in [-0.05, 0) is 56.2 Å². The highest BCUT2D eigenvalue weighted by Gasteiger charge is 2.30. The number of fused-ring (bicyclic) bond motifs is 1. The largest absolute Gasteiger partial charge is 0.381 e. The first-order valence-corrected chi connectivity index (χ1v) is 9.28. The molecule has 1 aromatic carbocycles. The molecular formula is C21H29N3O2. The Morgan fingerprint density at radius 3 is 2.42 bits per heavy atom. The average molecular weight is 355 g/mol. The van der Waals surface area contributed by atoms with Crippen molar-refractivity contribution in [1.82, 2.24) is 15.1 Å². The smallest absolute Gasteiger partial charge is 0.251 e. The maximum atomic E-state index is 12.2. The first kappa shape index (κ1) is 18.6. The number of aromatic nitrogens is 2. The molecule has 0 spiro atoms. The van der Waals surface area contributed by atoms with Crippen LogP contribution in [0.15, 0.2) is 30.5 Å². The van der Waals surface area contributed by atoms with Crippen LogP contribution in [0.3, 0.4) is 0 Å². The van der Waals surface area contributed by atoms with Gasteiger partial charge in [-0.25, -0.2) is 4.68 Å². The van der Waals surface area contributed by atoms with Gasteiger partial charge < -0.3 is 10.4 Å². The maximum absolute atomic E-state index is 12.2. The molecule has 1 aromatic heterocycles. The number of hydrogen-bond donors (Lipinski definition) is 2. The number of carbonyl (C=O) groups excluding carboxylic acids is 1. The average Bonchev–Trinajstić information content (AvgIpc) is 2.98. The molecule has 1 aliphatic carbocycles. The van der Waals surface area contributed by atoms with Crippen LogP contribution in [-0.4, -0.2) is 26.4 Å². The van der Waals surface area contributed by atoms with Gasteiger partial charge in [-0.15, -0.1) is 0 Å². The summed E-state index contributed by atoms with van der Waals surface area (Å²) in [5, 5.41) is 17.5. The van der Waals surface area contributed by atoms with Crippen molar-refractivity contribution in [2.45, 2.75) is 70.9 Å². The molecule has 0 fully saturated rings. The molecule has 0 saturated carbocycles. The van der Waals surface area contributed by atoms with E-state index in [-0.39, 0.29) is 17.4 Å². The van der Waals surface area contributed by atoms with E-state index in [1.165, 1.54) is 19.4 Å². The maximum Gasteiger partial charge on any atom is 0.251 e. The van der Waals surface area contributed by atoms with Gasteiger partial charge in [0.2, 0.25) is 0 Å². The normalized spacial score (nSPS) is 17.7. The Balaban J connectivity index is 1.88. The molecule has 2 aromatic rings. The zero-order chi connectivity index (χ0) is 19.1. The van der Waals surface area contributed by atoms with E-state index in [4.69, 9.17) is 0 Å². The highest BCUT2D eigenvalue weighted by molar-refractivity contribution is 5.84. The van der Waals surface area contributed by atoms with Gasteiger partial charge in [0.15, 0.2) is 0 Å². The molecule has 1 aliphatic rings. The number of nitrogens with zero attached hydrogens (tertiary/aromatic N) is 2. The highest BCUT2D eigenvalue weighted by atomic mass is 16.3. The van der Waals surface area contributed by atoms with E-state index in [1.54, 1.807) is 0 Å². The number of carbonyl (C=O) groups is 1. The van der Waals surface area contributed by atoms with Crippen molar-refractivity contribution < 1.29 is 9.90 Å². The summed E-state index contributed by atoms with van der Waals surface area (Å²) < 4.78 is 1.98. The van der Waals surface area contributed by atoms with Crippen LogP contribution in [0, 0.1) is 0 Å². The number of rotatable bonds is 3. The third kappa shape index (κ3) is 3.68. The van der Waals surface area contributed by atoms with E-state index >= 15 is 0 Å². The van der Waals surface area contributed by atoms with E-state index < -0.39 is 5.60 Å². The third-order valence-electron chi connectivity index (χ3n) is 5.02. The van der Waals surface area contributed by atoms with E-state index in [0.717, 1.165) is 36.2 Å². The molecule has 0 aliphatic heterocycles. The summed E-state index contributed by atoms with van der Waals surface area (Å²) in [4.78, 5) is 12.2. The topological polar surface area (TPSA) is 67.2 Å². The van der Waals surface area contributed by atoms with Crippen LogP contribution < -0.4 is 5.32 Å². The molecule has 5 nitrogen and oxygen atoms in total. The fourth-order valence-corrected chi connectivity index (χ4v) is 3.37. The minimum atomic E-state index is -1.38. The van der Waals surface area contributed by atoms with Crippen LogP contribution in [-0.2, 0) is 16.6 Å². The van der Waals surface area contributed by atoms with E-state index in [1.807, 2.05) is 10.9 Å². The third-order valence-corrected chi connectivity index (χ3v) is 5.02. The molecular weight excluding hydrogens is 326 g/mol. The molecule has 1 amide bonds. The van der Waals surface area contributed by atoms with Gasteiger partial charge in [-0.2, -0.15) is 5.10 Å². The molecule has 3 rings (SSSR count). The Labute approximate surface area is 155 Å². The summed E-state index contributed by atoms with van der Waals surface area (Å²) >= 11 is 0. The van der Waals surface area contributed by atoms with Crippen LogP contribution in [0.4, 0.5) is 0 Å². The van der Waals surface area contributed by atoms with Crippen LogP contribution in [0.25, 0.3) is 5.69 Å². The Morgan fingerprint density at radius 1 is 1.19 bits per heavy atom. The minimum Gasteiger partial charge on any atom is -0.381 e. The zero-order valence-corrected chi connectivity index (χ0v) is 16.3. The minimum absolute atomic E-state index is 0.0970. The van der Waals surface area contributed by atoms with Crippen LogP contribution in [0.2, 0.25) is 0 Å². The lowest BCUT2D eigenvalue weighted by molar-refractivity contribution is -0.137. The molecule has 1 heterocycles. The lowest BCUT2D eigenvalue weighted by atomic mass is 9.87. The van der Waals surface area contributed by atoms with Gasteiger partial charge in [0.05, 0.1) is 17.9 Å². The summed E-state index contributed by atoms with van der Waals surface area (Å²) in [6.07, 6.45) is 4.63. The predicted molar refractivity (Wildman–Crippen MR) is 102 cm³/mol. The van der Waals surface area contributed by atoms with Gasteiger partial charge in [-0.1, -0.05) is 32.9 Å². The molecule has 2 N–H and O–H groups in total. The summed E-state index contributed by atoms with van der Waals surface area (Å²) in [5.74, 6) is -0.349. The Morgan fingerprint density at radius 2 is 1.85 bits per heavy atom. The van der Waals surface area contributed by atoms with E-state index in [2.05, 4.69) is 55.5 Å². The molecule has 26 heavy (non-hydrogen) atoms. The molecule has 1 atom stereocenters. The number of aliphatic hydroxyl groups is 1. The van der Waals surface area contributed by atoms with Crippen molar-refractivity contribution in [3.05, 3.63) is 47.3 Å². The molecule has 0 saturated heterocycles. The van der Waals surface area contributed by atoms with Gasteiger partial charge in [0.1, 0.15) is 5.60 Å². The Hall–Kier alpha value is -2.14. The predicted octanol–water partition coefficient (Wildman–Crippen LogP) is 3.43. The second-order valence-corrected chi connectivity index (χ2v) is 8.73. The first-order valence-electron chi connectivity index (χ1n) is 9.28. The van der Waals surface area contributed by atoms with Gasteiger partial charge in [-0.3, -0.25) is 4.79 Å². The summed E-state index contributed by atoms with van der Waals surface area (Å²) in [7, 11) is 0. The van der Waals surface area contributed by atoms with Crippen molar-refractivity contribution in [1.29, 1.82) is 0 Å². The molecule has 5 heteroatoms. The Bertz CT molecular complexity index is 792. The van der Waals surface area contributed by atoms with Gasteiger partial charge in [0, 0.05) is 11.3 Å². The second-order valence-electron chi connectivity index (χ2n) is 8.73. The number of benzene rings is 1. The zero-order valence-electron chi connectivity index (χ0n) is 16.3. The lowest BCUT2D eigenvalue weighted by Crippen LogP contribution is -2.44.